The molecule has 1 N–H and O–H groups in total. The maximum absolute atomic E-state index is 12.8. The Hall–Kier alpha value is -1.84. The first-order chi connectivity index (χ1) is 6.31. The Labute approximate surface area is 73.1 Å². The van der Waals surface area contributed by atoms with Gasteiger partial charge in [-0.05, 0) is 18.2 Å². The number of halogens is 1. The van der Waals surface area contributed by atoms with Crippen molar-refractivity contribution in [1.29, 1.82) is 0 Å². The van der Waals surface area contributed by atoms with E-state index in [9.17, 15) is 9.18 Å². The molecule has 2 aromatic rings. The van der Waals surface area contributed by atoms with Crippen LogP contribution in [0.15, 0.2) is 24.4 Å². The summed E-state index contributed by atoms with van der Waals surface area (Å²) in [5.74, 6) is -0.0210. The van der Waals surface area contributed by atoms with E-state index in [1.54, 1.807) is 6.07 Å². The second kappa shape index (κ2) is 2.90. The van der Waals surface area contributed by atoms with Crippen molar-refractivity contribution in [3.8, 4) is 5.75 Å². The largest absolute Gasteiger partial charge is 0.426 e. The van der Waals surface area contributed by atoms with Crippen LogP contribution in [0.3, 0.4) is 0 Å². The number of carbonyl (C=O) groups is 1. The topological polar surface area (TPSA) is 42.1 Å². The first-order valence-corrected chi connectivity index (χ1v) is 3.68. The molecule has 0 aliphatic rings. The van der Waals surface area contributed by atoms with E-state index < -0.39 is 0 Å². The normalized spacial score (nSPS) is 10.2. The van der Waals surface area contributed by atoms with Crippen molar-refractivity contribution in [2.45, 2.75) is 0 Å². The number of hydrogen-bond donors (Lipinski definition) is 1. The van der Waals surface area contributed by atoms with Crippen molar-refractivity contribution in [2.24, 2.45) is 0 Å². The molecule has 0 fully saturated rings. The van der Waals surface area contributed by atoms with Gasteiger partial charge in [0, 0.05) is 17.1 Å². The second-order valence-electron chi connectivity index (χ2n) is 2.56. The highest BCUT2D eigenvalue weighted by atomic mass is 19.1. The number of nitrogens with one attached hydrogen (secondary N) is 1. The highest BCUT2D eigenvalue weighted by Crippen LogP contribution is 2.25. The average Bonchev–Trinajstić information content (AvgIpc) is 2.49. The Balaban J connectivity index is 2.64. The highest BCUT2D eigenvalue weighted by molar-refractivity contribution is 5.87. The minimum absolute atomic E-state index is 0.313. The van der Waals surface area contributed by atoms with E-state index in [1.165, 1.54) is 18.3 Å². The summed E-state index contributed by atoms with van der Waals surface area (Å²) in [4.78, 5) is 12.9. The number of ether oxygens (including phenoxy) is 1. The van der Waals surface area contributed by atoms with Gasteiger partial charge in [0.1, 0.15) is 5.82 Å². The van der Waals surface area contributed by atoms with Crippen molar-refractivity contribution in [1.82, 2.24) is 4.98 Å². The molecule has 1 heterocycles. The van der Waals surface area contributed by atoms with Crippen molar-refractivity contribution in [2.75, 3.05) is 0 Å². The summed E-state index contributed by atoms with van der Waals surface area (Å²) < 4.78 is 17.4. The zero-order valence-corrected chi connectivity index (χ0v) is 6.58. The third-order valence-corrected chi connectivity index (χ3v) is 1.78. The maximum atomic E-state index is 12.8. The zero-order valence-electron chi connectivity index (χ0n) is 6.58. The third kappa shape index (κ3) is 1.26. The van der Waals surface area contributed by atoms with Crippen molar-refractivity contribution < 1.29 is 13.9 Å². The number of aromatic nitrogens is 1. The van der Waals surface area contributed by atoms with Gasteiger partial charge in [-0.3, -0.25) is 4.79 Å². The Morgan fingerprint density at radius 3 is 3.08 bits per heavy atom. The number of carbonyl (C=O) groups excluding carboxylic acids is 1. The van der Waals surface area contributed by atoms with Gasteiger partial charge in [-0.2, -0.15) is 0 Å². The number of aromatic amines is 1. The summed E-state index contributed by atoms with van der Waals surface area (Å²) in [7, 11) is 0. The summed E-state index contributed by atoms with van der Waals surface area (Å²) >= 11 is 0. The van der Waals surface area contributed by atoms with Crippen LogP contribution < -0.4 is 4.74 Å². The fraction of sp³-hybridized carbons (Fsp3) is 0. The molecule has 13 heavy (non-hydrogen) atoms. The van der Waals surface area contributed by atoms with Crippen molar-refractivity contribution in [3.05, 3.63) is 30.2 Å². The Bertz CT molecular complexity index is 450. The van der Waals surface area contributed by atoms with Crippen LogP contribution in [0.2, 0.25) is 0 Å². The molecule has 0 amide bonds. The third-order valence-electron chi connectivity index (χ3n) is 1.78. The van der Waals surface area contributed by atoms with Gasteiger partial charge in [0.15, 0.2) is 5.75 Å². The fourth-order valence-electron chi connectivity index (χ4n) is 1.22. The lowest BCUT2D eigenvalue weighted by molar-refractivity contribution is -0.120. The van der Waals surface area contributed by atoms with Gasteiger partial charge in [0.25, 0.3) is 6.47 Å². The van der Waals surface area contributed by atoms with E-state index in [-0.39, 0.29) is 5.82 Å². The van der Waals surface area contributed by atoms with Gasteiger partial charge < -0.3 is 9.72 Å². The number of fused-ring (bicyclic) bond motifs is 1. The van der Waals surface area contributed by atoms with Gasteiger partial charge in [-0.25, -0.2) is 4.39 Å². The molecule has 0 saturated carbocycles. The van der Waals surface area contributed by atoms with Gasteiger partial charge in [-0.15, -0.1) is 0 Å². The van der Waals surface area contributed by atoms with E-state index in [0.717, 1.165) is 5.52 Å². The predicted molar refractivity (Wildman–Crippen MR) is 44.9 cm³/mol. The van der Waals surface area contributed by atoms with Crippen LogP contribution in [0.1, 0.15) is 0 Å². The summed E-state index contributed by atoms with van der Waals surface area (Å²) in [6, 6.07) is 4.23. The standard InChI is InChI=1S/C9H6FNO2/c10-6-1-2-8-7(3-6)9(4-11-8)13-5-12/h1-5,11H. The van der Waals surface area contributed by atoms with Crippen molar-refractivity contribution in [3.63, 3.8) is 0 Å². The number of rotatable bonds is 2. The van der Waals surface area contributed by atoms with Gasteiger partial charge >= 0.3 is 0 Å². The number of benzene rings is 1. The van der Waals surface area contributed by atoms with E-state index in [1.807, 2.05) is 0 Å². The first kappa shape index (κ1) is 7.79. The zero-order chi connectivity index (χ0) is 9.26. The van der Waals surface area contributed by atoms with Crippen LogP contribution in [-0.4, -0.2) is 11.5 Å². The molecule has 0 unspecified atom stereocenters. The monoisotopic (exact) mass is 179 g/mol. The summed E-state index contributed by atoms with van der Waals surface area (Å²) in [6.07, 6.45) is 1.51. The molecule has 1 aromatic heterocycles. The van der Waals surface area contributed by atoms with Crippen molar-refractivity contribution >= 4 is 17.4 Å². The van der Waals surface area contributed by atoms with Gasteiger partial charge in [-0.1, -0.05) is 0 Å². The van der Waals surface area contributed by atoms with Crippen LogP contribution >= 0.6 is 0 Å². The summed E-state index contributed by atoms with van der Waals surface area (Å²) in [5, 5.41) is 0.562. The van der Waals surface area contributed by atoms with Gasteiger partial charge in [0.2, 0.25) is 0 Å². The lowest BCUT2D eigenvalue weighted by Gasteiger charge is -1.93. The predicted octanol–water partition coefficient (Wildman–Crippen LogP) is 1.84. The molecular formula is C9H6FNO2. The lowest BCUT2D eigenvalue weighted by atomic mass is 10.2. The maximum Gasteiger partial charge on any atom is 0.298 e. The van der Waals surface area contributed by atoms with Crippen LogP contribution in [0, 0.1) is 5.82 Å². The summed E-state index contributed by atoms with van der Waals surface area (Å²) in [6.45, 7) is 0.313. The number of H-pyrrole nitrogens is 1. The molecule has 66 valence electrons. The van der Waals surface area contributed by atoms with Crippen LogP contribution in [-0.2, 0) is 4.79 Å². The molecule has 2 rings (SSSR count). The van der Waals surface area contributed by atoms with Crippen LogP contribution in [0.4, 0.5) is 4.39 Å². The fourth-order valence-corrected chi connectivity index (χ4v) is 1.22. The van der Waals surface area contributed by atoms with E-state index in [4.69, 9.17) is 0 Å². The molecule has 3 nitrogen and oxygen atoms in total. The van der Waals surface area contributed by atoms with E-state index in [0.29, 0.717) is 17.6 Å². The Kier molecular flexibility index (Phi) is 1.73. The molecule has 0 atom stereocenters. The smallest absolute Gasteiger partial charge is 0.298 e. The minimum atomic E-state index is -0.358. The van der Waals surface area contributed by atoms with E-state index in [2.05, 4.69) is 9.72 Å². The molecule has 0 aliphatic carbocycles. The Morgan fingerprint density at radius 2 is 2.31 bits per heavy atom. The van der Waals surface area contributed by atoms with Crippen LogP contribution in [0.5, 0.6) is 5.75 Å². The second-order valence-corrected chi connectivity index (χ2v) is 2.56. The SMILES string of the molecule is O=COc1c[nH]c2ccc(F)cc12. The molecule has 0 saturated heterocycles. The first-order valence-electron chi connectivity index (χ1n) is 3.68. The summed E-state index contributed by atoms with van der Waals surface area (Å²) in [5.41, 5.74) is 0.734. The molecule has 0 bridgehead atoms. The molecule has 0 aliphatic heterocycles. The average molecular weight is 179 g/mol. The highest BCUT2D eigenvalue weighted by Gasteiger charge is 2.04. The molecule has 4 heteroatoms. The van der Waals surface area contributed by atoms with Crippen LogP contribution in [0.25, 0.3) is 10.9 Å². The molecule has 1 aromatic carbocycles. The molecule has 0 radical (unpaired) electrons. The quantitative estimate of drug-likeness (QED) is 0.714. The Morgan fingerprint density at radius 1 is 1.46 bits per heavy atom. The minimum Gasteiger partial charge on any atom is -0.426 e. The van der Waals surface area contributed by atoms with Gasteiger partial charge in [0.05, 0.1) is 0 Å². The lowest BCUT2D eigenvalue weighted by Crippen LogP contribution is -1.86. The number of hydrogen-bond acceptors (Lipinski definition) is 2. The molecule has 0 spiro atoms. The molecular weight excluding hydrogens is 173 g/mol. The van der Waals surface area contributed by atoms with E-state index >= 15 is 0 Å².